The van der Waals surface area contributed by atoms with Gasteiger partial charge in [-0.3, -0.25) is 0 Å². The number of anilines is 2. The summed E-state index contributed by atoms with van der Waals surface area (Å²) in [6.07, 6.45) is 0. The second-order valence-corrected chi connectivity index (χ2v) is 4.96. The lowest BCUT2D eigenvalue weighted by atomic mass is 10.2. The third kappa shape index (κ3) is 1.24. The Balaban J connectivity index is 2.26. The van der Waals surface area contributed by atoms with E-state index in [0.717, 1.165) is 5.06 Å². The molecule has 16 heavy (non-hydrogen) atoms. The molecule has 2 aromatic rings. The lowest BCUT2D eigenvalue weighted by Gasteiger charge is -2.34. The van der Waals surface area contributed by atoms with Gasteiger partial charge in [0.25, 0.3) is 0 Å². The van der Waals surface area contributed by atoms with Crippen LogP contribution in [0.4, 0.5) is 11.4 Å². The molecule has 0 unspecified atom stereocenters. The van der Waals surface area contributed by atoms with E-state index in [1.165, 1.54) is 0 Å². The quantitative estimate of drug-likeness (QED) is 0.708. The van der Waals surface area contributed by atoms with E-state index in [9.17, 15) is 9.76 Å². The number of benzene rings is 2. The van der Waals surface area contributed by atoms with Crippen LogP contribution in [0.15, 0.2) is 58.3 Å². The molecule has 0 saturated heterocycles. The van der Waals surface area contributed by atoms with Crippen LogP contribution in [-0.4, -0.2) is 4.55 Å². The fourth-order valence-electron chi connectivity index (χ4n) is 1.83. The molecule has 0 aliphatic carbocycles. The van der Waals surface area contributed by atoms with E-state index in [4.69, 9.17) is 0 Å². The van der Waals surface area contributed by atoms with Crippen LogP contribution < -0.4 is 5.06 Å². The highest BCUT2D eigenvalue weighted by molar-refractivity contribution is 7.92. The van der Waals surface area contributed by atoms with Gasteiger partial charge in [-0.25, -0.2) is 0 Å². The zero-order chi connectivity index (χ0) is 11.1. The molecule has 3 rings (SSSR count). The number of nitrogens with zero attached hydrogens (tertiary/aromatic N) is 1. The van der Waals surface area contributed by atoms with E-state index >= 15 is 0 Å². The lowest BCUT2D eigenvalue weighted by Crippen LogP contribution is -2.20. The second-order valence-electron chi connectivity index (χ2n) is 3.51. The van der Waals surface area contributed by atoms with Crippen LogP contribution >= 0.6 is 0 Å². The average Bonchev–Trinajstić information content (AvgIpc) is 2.36. The van der Waals surface area contributed by atoms with Gasteiger partial charge in [-0.1, -0.05) is 24.3 Å². The van der Waals surface area contributed by atoms with Gasteiger partial charge in [0.1, 0.15) is 0 Å². The largest absolute Gasteiger partial charge is 0.754 e. The minimum Gasteiger partial charge on any atom is -0.754 e. The maximum atomic E-state index is 12.1. The molecule has 1 N–H and O–H groups in total. The highest BCUT2D eigenvalue weighted by Crippen LogP contribution is 2.42. The van der Waals surface area contributed by atoms with Gasteiger partial charge >= 0.3 is 0 Å². The molecular formula is C12H9NO2S. The van der Waals surface area contributed by atoms with Crippen LogP contribution in [0.5, 0.6) is 0 Å². The first-order valence-electron chi connectivity index (χ1n) is 4.88. The molecule has 0 amide bonds. The maximum Gasteiger partial charge on any atom is 0.224 e. The number of hydrogen-bond donors (Lipinski definition) is 1. The van der Waals surface area contributed by atoms with Gasteiger partial charge in [-0.2, -0.15) is 4.55 Å². The molecule has 0 radical (unpaired) electrons. The Bertz CT molecular complexity index is 449. The van der Waals surface area contributed by atoms with E-state index in [2.05, 4.69) is 0 Å². The van der Waals surface area contributed by atoms with Crippen molar-refractivity contribution in [2.45, 2.75) is 9.79 Å². The highest BCUT2D eigenvalue weighted by Gasteiger charge is 2.35. The molecular weight excluding hydrogens is 222 g/mol. The summed E-state index contributed by atoms with van der Waals surface area (Å²) in [7, 11) is 0. The summed E-state index contributed by atoms with van der Waals surface area (Å²) >= 11 is -1.00. The van der Waals surface area contributed by atoms with Crippen LogP contribution in [0.25, 0.3) is 0 Å². The van der Waals surface area contributed by atoms with E-state index in [1.54, 1.807) is 36.4 Å². The molecule has 0 atom stereocenters. The molecule has 0 aromatic heterocycles. The molecule has 0 fully saturated rings. The minimum atomic E-state index is -1.00. The molecule has 4 heteroatoms. The molecule has 0 saturated carbocycles. The van der Waals surface area contributed by atoms with Gasteiger partial charge in [-0.15, -0.1) is 0 Å². The van der Waals surface area contributed by atoms with Gasteiger partial charge in [-0.05, 0) is 24.3 Å². The molecule has 1 heterocycles. The van der Waals surface area contributed by atoms with E-state index < -0.39 is 11.2 Å². The Morgan fingerprint density at radius 1 is 0.875 bits per heavy atom. The summed E-state index contributed by atoms with van der Waals surface area (Å²) in [5, 5.41) is 12.9. The van der Waals surface area contributed by atoms with Gasteiger partial charge in [0.05, 0.1) is 11.4 Å². The molecule has 80 valence electrons. The summed E-state index contributed by atoms with van der Waals surface area (Å²) in [5.74, 6) is 0. The number of para-hydroxylation sites is 2. The van der Waals surface area contributed by atoms with Crippen LogP contribution in [0, 0.1) is 5.21 Å². The van der Waals surface area contributed by atoms with Crippen molar-refractivity contribution >= 4 is 22.6 Å². The van der Waals surface area contributed by atoms with E-state index in [0.29, 0.717) is 21.2 Å². The van der Waals surface area contributed by atoms with Crippen molar-refractivity contribution in [1.82, 2.24) is 0 Å². The fourth-order valence-corrected chi connectivity index (χ4v) is 3.18. The van der Waals surface area contributed by atoms with Crippen molar-refractivity contribution < 1.29 is 4.55 Å². The smallest absolute Gasteiger partial charge is 0.224 e. The molecule has 0 bridgehead atoms. The van der Waals surface area contributed by atoms with Crippen LogP contribution in [-0.2, 0) is 11.2 Å². The first-order valence-corrected chi connectivity index (χ1v) is 6.06. The Morgan fingerprint density at radius 2 is 1.31 bits per heavy atom. The predicted octanol–water partition coefficient (Wildman–Crippen LogP) is 3.15. The van der Waals surface area contributed by atoms with Gasteiger partial charge in [0.15, 0.2) is 0 Å². The van der Waals surface area contributed by atoms with Crippen molar-refractivity contribution in [2.24, 2.45) is 0 Å². The molecule has 1 aliphatic rings. The van der Waals surface area contributed by atoms with Crippen LogP contribution in [0.3, 0.4) is 0 Å². The van der Waals surface area contributed by atoms with Crippen molar-refractivity contribution in [3.05, 3.63) is 53.7 Å². The number of rotatable bonds is 0. The van der Waals surface area contributed by atoms with Crippen molar-refractivity contribution in [3.8, 4) is 0 Å². The summed E-state index contributed by atoms with van der Waals surface area (Å²) in [4.78, 5) is 1.38. The Morgan fingerprint density at radius 3 is 1.81 bits per heavy atom. The van der Waals surface area contributed by atoms with Crippen molar-refractivity contribution in [1.29, 1.82) is 0 Å². The second kappa shape index (κ2) is 3.52. The first kappa shape index (κ1) is 9.72. The van der Waals surface area contributed by atoms with Crippen LogP contribution in [0.2, 0.25) is 0 Å². The Labute approximate surface area is 96.1 Å². The SMILES string of the molecule is [O-]N1c2ccccc2[S+](O)c2ccccc21. The first-order chi connectivity index (χ1) is 7.79. The fraction of sp³-hybridized carbons (Fsp3) is 0. The lowest BCUT2D eigenvalue weighted by molar-refractivity contribution is 0.637. The van der Waals surface area contributed by atoms with Crippen molar-refractivity contribution in [3.63, 3.8) is 0 Å². The number of fused-ring (bicyclic) bond motifs is 2. The molecule has 2 aromatic carbocycles. The van der Waals surface area contributed by atoms with E-state index in [1.807, 2.05) is 12.1 Å². The molecule has 1 aliphatic heterocycles. The summed E-state index contributed by atoms with van der Waals surface area (Å²) < 4.78 is 10.2. The van der Waals surface area contributed by atoms with Crippen LogP contribution in [0.1, 0.15) is 0 Å². The number of hydrogen-bond acceptors (Lipinski definition) is 3. The predicted molar refractivity (Wildman–Crippen MR) is 64.9 cm³/mol. The Kier molecular flexibility index (Phi) is 2.14. The van der Waals surface area contributed by atoms with Crippen molar-refractivity contribution in [2.75, 3.05) is 5.06 Å². The monoisotopic (exact) mass is 231 g/mol. The van der Waals surface area contributed by atoms with Gasteiger partial charge in [0, 0.05) is 0 Å². The highest BCUT2D eigenvalue weighted by atomic mass is 32.2. The summed E-state index contributed by atoms with van der Waals surface area (Å²) in [5.41, 5.74) is 1.07. The zero-order valence-electron chi connectivity index (χ0n) is 8.33. The molecule has 0 spiro atoms. The summed E-state index contributed by atoms with van der Waals surface area (Å²) in [6, 6.07) is 14.3. The van der Waals surface area contributed by atoms with Gasteiger partial charge in [0.2, 0.25) is 21.0 Å². The maximum absolute atomic E-state index is 12.1. The average molecular weight is 231 g/mol. The molecule has 3 nitrogen and oxygen atoms in total. The standard InChI is InChI=1S/C12H9NO2S/c14-13-9-5-1-3-7-11(9)16(15)12-8-4-2-6-10(12)13/h1-8,15H. The Hall–Kier alpha value is -1.49. The topological polar surface area (TPSA) is 46.5 Å². The third-order valence-electron chi connectivity index (χ3n) is 2.58. The summed E-state index contributed by atoms with van der Waals surface area (Å²) in [6.45, 7) is 0. The zero-order valence-corrected chi connectivity index (χ0v) is 9.15. The van der Waals surface area contributed by atoms with E-state index in [-0.39, 0.29) is 0 Å². The minimum absolute atomic E-state index is 0.534. The third-order valence-corrected chi connectivity index (χ3v) is 4.11. The van der Waals surface area contributed by atoms with Gasteiger partial charge < -0.3 is 10.3 Å². The normalized spacial score (nSPS) is 14.5.